The van der Waals surface area contributed by atoms with Gasteiger partial charge in [-0.2, -0.15) is 4.98 Å². The van der Waals surface area contributed by atoms with Crippen LogP contribution in [-0.2, 0) is 6.54 Å². The lowest BCUT2D eigenvalue weighted by atomic mass is 10.1. The fourth-order valence-electron chi connectivity index (χ4n) is 3.17. The summed E-state index contributed by atoms with van der Waals surface area (Å²) in [5.74, 6) is 1.34. The van der Waals surface area contributed by atoms with Crippen LogP contribution in [0.15, 0.2) is 59.0 Å². The second kappa shape index (κ2) is 10.7. The average Bonchev–Trinajstić information content (AvgIpc) is 2.80. The fraction of sp³-hybridized carbons (Fsp3) is 0.286. The molecular weight excluding hydrogens is 450 g/mol. The summed E-state index contributed by atoms with van der Waals surface area (Å²) in [6.07, 6.45) is 7.02. The maximum Gasteiger partial charge on any atom is 0.232 e. The van der Waals surface area contributed by atoms with Crippen LogP contribution < -0.4 is 15.5 Å². The van der Waals surface area contributed by atoms with E-state index in [2.05, 4.69) is 30.5 Å². The van der Waals surface area contributed by atoms with E-state index in [0.717, 1.165) is 42.3 Å². The third-order valence-electron chi connectivity index (χ3n) is 4.70. The van der Waals surface area contributed by atoms with Crippen LogP contribution in [0.3, 0.4) is 0 Å². The molecule has 0 amide bonds. The summed E-state index contributed by atoms with van der Waals surface area (Å²) in [6, 6.07) is 11.4. The molecule has 160 valence electrons. The minimum absolute atomic E-state index is 0.454. The van der Waals surface area contributed by atoms with E-state index in [9.17, 15) is 0 Å². The predicted octanol–water partition coefficient (Wildman–Crippen LogP) is 4.55. The molecule has 0 radical (unpaired) electrons. The van der Waals surface area contributed by atoms with Gasteiger partial charge in [0.05, 0.1) is 0 Å². The molecule has 31 heavy (non-hydrogen) atoms. The SMILES string of the molecule is S=C(NCc1ccc(Cl)cc1)Nc1nc(Sc2ncccn2)cc(N2CCCCC2)n1. The minimum Gasteiger partial charge on any atom is -0.358 e. The topological polar surface area (TPSA) is 78.9 Å². The molecule has 1 aliphatic heterocycles. The van der Waals surface area contributed by atoms with Crippen molar-refractivity contribution in [2.75, 3.05) is 23.3 Å². The van der Waals surface area contributed by atoms with E-state index in [-0.39, 0.29) is 0 Å². The number of anilines is 2. The van der Waals surface area contributed by atoms with E-state index < -0.39 is 0 Å². The monoisotopic (exact) mass is 471 g/mol. The molecule has 4 rings (SSSR count). The smallest absolute Gasteiger partial charge is 0.232 e. The van der Waals surface area contributed by atoms with Gasteiger partial charge in [-0.25, -0.2) is 15.0 Å². The van der Waals surface area contributed by atoms with Crippen LogP contribution in [0.2, 0.25) is 5.02 Å². The first-order valence-corrected chi connectivity index (χ1v) is 11.6. The Hall–Kier alpha value is -2.49. The second-order valence-corrected chi connectivity index (χ2v) is 8.84. The largest absolute Gasteiger partial charge is 0.358 e. The number of hydrogen-bond acceptors (Lipinski definition) is 7. The molecule has 0 atom stereocenters. The quantitative estimate of drug-likeness (QED) is 0.305. The summed E-state index contributed by atoms with van der Waals surface area (Å²) in [5, 5.41) is 8.88. The summed E-state index contributed by atoms with van der Waals surface area (Å²) in [5.41, 5.74) is 1.08. The highest BCUT2D eigenvalue weighted by Gasteiger charge is 2.16. The number of rotatable bonds is 6. The van der Waals surface area contributed by atoms with Crippen LogP contribution >= 0.6 is 35.6 Å². The molecule has 0 spiro atoms. The van der Waals surface area contributed by atoms with Gasteiger partial charge in [0, 0.05) is 43.1 Å². The highest BCUT2D eigenvalue weighted by Crippen LogP contribution is 2.28. The van der Waals surface area contributed by atoms with E-state index in [0.29, 0.717) is 27.8 Å². The molecule has 3 heterocycles. The van der Waals surface area contributed by atoms with Gasteiger partial charge in [-0.1, -0.05) is 23.7 Å². The van der Waals surface area contributed by atoms with Crippen molar-refractivity contribution >= 4 is 52.5 Å². The summed E-state index contributed by atoms with van der Waals surface area (Å²) in [4.78, 5) is 20.2. The lowest BCUT2D eigenvalue weighted by Gasteiger charge is -2.28. The van der Waals surface area contributed by atoms with Crippen LogP contribution in [0, 0.1) is 0 Å². The van der Waals surface area contributed by atoms with E-state index in [4.69, 9.17) is 28.8 Å². The van der Waals surface area contributed by atoms with E-state index in [1.165, 1.54) is 18.2 Å². The van der Waals surface area contributed by atoms with Crippen molar-refractivity contribution in [3.8, 4) is 0 Å². The van der Waals surface area contributed by atoms with Crippen molar-refractivity contribution in [2.24, 2.45) is 0 Å². The van der Waals surface area contributed by atoms with E-state index in [1.54, 1.807) is 18.5 Å². The molecule has 1 fully saturated rings. The molecule has 0 saturated carbocycles. The number of piperidine rings is 1. The molecule has 0 bridgehead atoms. The van der Waals surface area contributed by atoms with Gasteiger partial charge in [-0.05, 0) is 67.0 Å². The van der Waals surface area contributed by atoms with E-state index >= 15 is 0 Å². The van der Waals surface area contributed by atoms with Gasteiger partial charge in [0.25, 0.3) is 0 Å². The number of aromatic nitrogens is 4. The number of hydrogen-bond donors (Lipinski definition) is 2. The summed E-state index contributed by atoms with van der Waals surface area (Å²) >= 11 is 12.8. The molecule has 2 aromatic heterocycles. The van der Waals surface area contributed by atoms with E-state index in [1.807, 2.05) is 30.3 Å². The van der Waals surface area contributed by atoms with Crippen LogP contribution in [0.1, 0.15) is 24.8 Å². The number of benzene rings is 1. The standard InChI is InChI=1S/C21H22ClN7S2/c22-16-7-5-15(6-8-16)14-25-20(30)28-19-26-17(29-11-2-1-3-12-29)13-18(27-19)31-21-23-9-4-10-24-21/h4-10,13H,1-3,11-12,14H2,(H2,25,26,27,28,30). The zero-order chi connectivity index (χ0) is 21.5. The average molecular weight is 472 g/mol. The Bertz CT molecular complexity index is 1010. The first-order chi connectivity index (χ1) is 15.2. The molecule has 7 nitrogen and oxygen atoms in total. The summed E-state index contributed by atoms with van der Waals surface area (Å²) in [6.45, 7) is 2.55. The van der Waals surface area contributed by atoms with Crippen LogP contribution in [0.25, 0.3) is 0 Å². The molecule has 1 aliphatic rings. The van der Waals surface area contributed by atoms with Crippen LogP contribution in [0.5, 0.6) is 0 Å². The van der Waals surface area contributed by atoms with Crippen LogP contribution in [0.4, 0.5) is 11.8 Å². The van der Waals surface area contributed by atoms with Gasteiger partial charge in [0.15, 0.2) is 10.3 Å². The third-order valence-corrected chi connectivity index (χ3v) is 6.01. The van der Waals surface area contributed by atoms with Crippen molar-refractivity contribution in [2.45, 2.75) is 36.0 Å². The molecule has 3 aromatic rings. The summed E-state index contributed by atoms with van der Waals surface area (Å²) in [7, 11) is 0. The van der Waals surface area contributed by atoms with Gasteiger partial charge in [0.1, 0.15) is 10.8 Å². The normalized spacial score (nSPS) is 13.6. The number of halogens is 1. The lowest BCUT2D eigenvalue weighted by molar-refractivity contribution is 0.572. The Morgan fingerprint density at radius 1 is 1.06 bits per heavy atom. The van der Waals surface area contributed by atoms with Crippen molar-refractivity contribution in [1.82, 2.24) is 25.3 Å². The zero-order valence-corrected chi connectivity index (χ0v) is 19.2. The minimum atomic E-state index is 0.454. The molecule has 1 aromatic carbocycles. The maximum absolute atomic E-state index is 5.94. The predicted molar refractivity (Wildman–Crippen MR) is 129 cm³/mol. The third kappa shape index (κ3) is 6.49. The molecule has 10 heteroatoms. The van der Waals surface area contributed by atoms with Crippen molar-refractivity contribution in [3.63, 3.8) is 0 Å². The van der Waals surface area contributed by atoms with Gasteiger partial charge < -0.3 is 15.5 Å². The second-order valence-electron chi connectivity index (χ2n) is 7.00. The highest BCUT2D eigenvalue weighted by atomic mass is 35.5. The highest BCUT2D eigenvalue weighted by molar-refractivity contribution is 7.99. The van der Waals surface area contributed by atoms with Crippen molar-refractivity contribution < 1.29 is 0 Å². The summed E-state index contributed by atoms with van der Waals surface area (Å²) < 4.78 is 0. The zero-order valence-electron chi connectivity index (χ0n) is 16.8. The van der Waals surface area contributed by atoms with Crippen LogP contribution in [-0.4, -0.2) is 38.1 Å². The Morgan fingerprint density at radius 2 is 1.81 bits per heavy atom. The first-order valence-electron chi connectivity index (χ1n) is 10.0. The molecule has 2 N–H and O–H groups in total. The Balaban J connectivity index is 1.48. The maximum atomic E-state index is 5.94. The molecule has 1 saturated heterocycles. The first kappa shape index (κ1) is 21.7. The molecule has 0 aliphatic carbocycles. The molecular formula is C21H22ClN7S2. The van der Waals surface area contributed by atoms with Gasteiger partial charge in [-0.3, -0.25) is 0 Å². The Morgan fingerprint density at radius 3 is 2.55 bits per heavy atom. The van der Waals surface area contributed by atoms with Gasteiger partial charge in [0.2, 0.25) is 5.95 Å². The number of thiocarbonyl (C=S) groups is 1. The number of nitrogens with one attached hydrogen (secondary N) is 2. The number of nitrogens with zero attached hydrogens (tertiary/aromatic N) is 5. The fourth-order valence-corrected chi connectivity index (χ4v) is 4.17. The molecule has 0 unspecified atom stereocenters. The lowest BCUT2D eigenvalue weighted by Crippen LogP contribution is -2.32. The Kier molecular flexibility index (Phi) is 7.50. The van der Waals surface area contributed by atoms with Crippen molar-refractivity contribution in [1.29, 1.82) is 0 Å². The Labute approximate surface area is 196 Å². The van der Waals surface area contributed by atoms with Crippen molar-refractivity contribution in [3.05, 3.63) is 59.4 Å². The van der Waals surface area contributed by atoms with Gasteiger partial charge >= 0.3 is 0 Å². The van der Waals surface area contributed by atoms with Gasteiger partial charge in [-0.15, -0.1) is 0 Å².